The maximum atomic E-state index is 12.3. The number of nitrogens with two attached hydrogens (primary N) is 1. The molecule has 0 spiro atoms. The van der Waals surface area contributed by atoms with Crippen molar-refractivity contribution in [3.8, 4) is 0 Å². The highest BCUT2D eigenvalue weighted by Gasteiger charge is 2.52. The first-order valence-corrected chi connectivity index (χ1v) is 6.53. The molecule has 19 heavy (non-hydrogen) atoms. The van der Waals surface area contributed by atoms with Crippen LogP contribution in [0, 0.1) is 11.3 Å². The Kier molecular flexibility index (Phi) is 3.64. The summed E-state index contributed by atoms with van der Waals surface area (Å²) in [5.41, 5.74) is 4.79. The van der Waals surface area contributed by atoms with Gasteiger partial charge >= 0.3 is 0 Å². The predicted octanol–water partition coefficient (Wildman–Crippen LogP) is -0.456. The van der Waals surface area contributed by atoms with E-state index in [2.05, 4.69) is 15.8 Å². The van der Waals surface area contributed by atoms with E-state index in [1.807, 2.05) is 6.92 Å². The van der Waals surface area contributed by atoms with Crippen LogP contribution in [0.25, 0.3) is 0 Å². The molecule has 1 heterocycles. The van der Waals surface area contributed by atoms with Gasteiger partial charge in [0.15, 0.2) is 5.84 Å². The molecule has 1 atom stereocenters. The lowest BCUT2D eigenvalue weighted by Gasteiger charge is -2.44. The maximum Gasteiger partial charge on any atom is 0.234 e. The van der Waals surface area contributed by atoms with E-state index in [0.29, 0.717) is 38.1 Å². The van der Waals surface area contributed by atoms with E-state index in [9.17, 15) is 9.59 Å². The number of nitrogens with zero attached hydrogens (tertiary/aromatic N) is 1. The second-order valence-electron chi connectivity index (χ2n) is 5.59. The van der Waals surface area contributed by atoms with Crippen molar-refractivity contribution in [2.45, 2.75) is 38.6 Å². The fraction of sp³-hybridized carbons (Fsp3) is 0.750. The van der Waals surface area contributed by atoms with Gasteiger partial charge in [-0.2, -0.15) is 0 Å². The van der Waals surface area contributed by atoms with Gasteiger partial charge in [0.1, 0.15) is 5.41 Å². The maximum absolute atomic E-state index is 12.3. The molecule has 0 bridgehead atoms. The van der Waals surface area contributed by atoms with Crippen molar-refractivity contribution in [1.82, 2.24) is 10.6 Å². The highest BCUT2D eigenvalue weighted by Crippen LogP contribution is 2.46. The first-order chi connectivity index (χ1) is 8.98. The molecule has 1 aliphatic heterocycles. The molecule has 1 saturated carbocycles. The largest absolute Gasteiger partial charge is 0.409 e. The zero-order valence-corrected chi connectivity index (χ0v) is 11.0. The highest BCUT2D eigenvalue weighted by molar-refractivity contribution is 6.07. The number of rotatable bonds is 3. The van der Waals surface area contributed by atoms with Gasteiger partial charge in [-0.25, -0.2) is 0 Å². The van der Waals surface area contributed by atoms with Crippen LogP contribution >= 0.6 is 0 Å². The molecule has 2 fully saturated rings. The quantitative estimate of drug-likeness (QED) is 0.240. The summed E-state index contributed by atoms with van der Waals surface area (Å²) in [6.07, 6.45) is 2.22. The molecule has 0 radical (unpaired) electrons. The topological polar surface area (TPSA) is 117 Å². The zero-order valence-electron chi connectivity index (χ0n) is 11.0. The number of carbonyl (C=O) groups is 2. The third-order valence-corrected chi connectivity index (χ3v) is 4.03. The molecule has 0 aromatic rings. The summed E-state index contributed by atoms with van der Waals surface area (Å²) in [6, 6.07) is -0.0792. The molecule has 7 heteroatoms. The second-order valence-corrected chi connectivity index (χ2v) is 5.59. The number of carbonyl (C=O) groups excluding carboxylic acids is 2. The average Bonchev–Trinajstić information content (AvgIpc) is 2.36. The summed E-state index contributed by atoms with van der Waals surface area (Å²) in [6.45, 7) is 2.46. The fourth-order valence-corrected chi connectivity index (χ4v) is 2.92. The van der Waals surface area contributed by atoms with Crippen LogP contribution in [-0.4, -0.2) is 35.4 Å². The van der Waals surface area contributed by atoms with Crippen LogP contribution in [0.5, 0.6) is 0 Å². The minimum absolute atomic E-state index is 0.00825. The molecule has 0 aromatic heterocycles. The van der Waals surface area contributed by atoms with Crippen LogP contribution in [-0.2, 0) is 9.59 Å². The second kappa shape index (κ2) is 5.07. The van der Waals surface area contributed by atoms with E-state index in [1.165, 1.54) is 0 Å². The zero-order chi connectivity index (χ0) is 14.0. The first kappa shape index (κ1) is 13.6. The minimum Gasteiger partial charge on any atom is -0.409 e. The van der Waals surface area contributed by atoms with E-state index in [1.54, 1.807) is 0 Å². The fourth-order valence-electron chi connectivity index (χ4n) is 2.92. The lowest BCUT2D eigenvalue weighted by molar-refractivity contribution is -0.135. The summed E-state index contributed by atoms with van der Waals surface area (Å²) in [5.74, 6) is 0.163. The van der Waals surface area contributed by atoms with Crippen molar-refractivity contribution in [1.29, 1.82) is 0 Å². The van der Waals surface area contributed by atoms with Gasteiger partial charge in [-0.05, 0) is 25.2 Å². The van der Waals surface area contributed by atoms with Gasteiger partial charge in [0.2, 0.25) is 11.8 Å². The van der Waals surface area contributed by atoms with Crippen molar-refractivity contribution in [3.05, 3.63) is 0 Å². The molecule has 2 amide bonds. The first-order valence-electron chi connectivity index (χ1n) is 6.53. The Morgan fingerprint density at radius 2 is 2.26 bits per heavy atom. The van der Waals surface area contributed by atoms with Crippen LogP contribution in [0.4, 0.5) is 0 Å². The van der Waals surface area contributed by atoms with E-state index >= 15 is 0 Å². The van der Waals surface area contributed by atoms with Crippen molar-refractivity contribution in [3.63, 3.8) is 0 Å². The van der Waals surface area contributed by atoms with Crippen LogP contribution in [0.15, 0.2) is 5.16 Å². The molecule has 0 aromatic carbocycles. The van der Waals surface area contributed by atoms with Crippen molar-refractivity contribution >= 4 is 17.6 Å². The number of hydrogen-bond donors (Lipinski definition) is 4. The predicted molar refractivity (Wildman–Crippen MR) is 68.4 cm³/mol. The van der Waals surface area contributed by atoms with Crippen LogP contribution < -0.4 is 16.4 Å². The van der Waals surface area contributed by atoms with Crippen LogP contribution in [0.2, 0.25) is 0 Å². The minimum atomic E-state index is -0.879. The third kappa shape index (κ3) is 2.50. The van der Waals surface area contributed by atoms with E-state index < -0.39 is 5.41 Å². The van der Waals surface area contributed by atoms with E-state index in [0.717, 1.165) is 0 Å². The molecule has 106 valence electrons. The number of amidine groups is 1. The smallest absolute Gasteiger partial charge is 0.234 e. The normalized spacial score (nSPS) is 35.2. The third-order valence-electron chi connectivity index (χ3n) is 4.03. The van der Waals surface area contributed by atoms with Gasteiger partial charge in [-0.1, -0.05) is 12.1 Å². The SMILES string of the molecule is CC1CC(C(=O)NC2CCC(=O)NC2)(C(N)=NO)C1. The summed E-state index contributed by atoms with van der Waals surface area (Å²) in [5, 5.41) is 17.4. The molecule has 5 N–H and O–H groups in total. The van der Waals surface area contributed by atoms with Gasteiger partial charge in [-0.3, -0.25) is 9.59 Å². The lowest BCUT2D eigenvalue weighted by Crippen LogP contribution is -2.60. The summed E-state index contributed by atoms with van der Waals surface area (Å²) >= 11 is 0. The van der Waals surface area contributed by atoms with Crippen LogP contribution in [0.3, 0.4) is 0 Å². The summed E-state index contributed by atoms with van der Waals surface area (Å²) in [4.78, 5) is 23.4. The van der Waals surface area contributed by atoms with Gasteiger partial charge in [0.25, 0.3) is 0 Å². The molecular formula is C12H20N4O3. The molecule has 2 aliphatic rings. The number of nitrogens with one attached hydrogen (secondary N) is 2. The van der Waals surface area contributed by atoms with Gasteiger partial charge in [-0.15, -0.1) is 0 Å². The Morgan fingerprint density at radius 1 is 1.58 bits per heavy atom. The number of amides is 2. The van der Waals surface area contributed by atoms with Crippen molar-refractivity contribution in [2.24, 2.45) is 22.2 Å². The Hall–Kier alpha value is -1.79. The molecule has 1 unspecified atom stereocenters. The molecule has 7 nitrogen and oxygen atoms in total. The number of piperidine rings is 1. The number of hydrogen-bond acceptors (Lipinski definition) is 4. The highest BCUT2D eigenvalue weighted by atomic mass is 16.4. The molecular weight excluding hydrogens is 248 g/mol. The van der Waals surface area contributed by atoms with E-state index in [4.69, 9.17) is 10.9 Å². The molecule has 1 saturated heterocycles. The van der Waals surface area contributed by atoms with Gasteiger partial charge in [0.05, 0.1) is 0 Å². The Balaban J connectivity index is 1.99. The van der Waals surface area contributed by atoms with Crippen LogP contribution in [0.1, 0.15) is 32.6 Å². The number of oxime groups is 1. The molecule has 2 rings (SSSR count). The van der Waals surface area contributed by atoms with Gasteiger partial charge < -0.3 is 21.6 Å². The Morgan fingerprint density at radius 3 is 2.74 bits per heavy atom. The summed E-state index contributed by atoms with van der Waals surface area (Å²) in [7, 11) is 0. The van der Waals surface area contributed by atoms with E-state index in [-0.39, 0.29) is 23.7 Å². The lowest BCUT2D eigenvalue weighted by atomic mass is 9.61. The Labute approximate surface area is 111 Å². The van der Waals surface area contributed by atoms with Crippen molar-refractivity contribution < 1.29 is 14.8 Å². The average molecular weight is 268 g/mol. The molecule has 1 aliphatic carbocycles. The monoisotopic (exact) mass is 268 g/mol. The Bertz CT molecular complexity index is 405. The summed E-state index contributed by atoms with van der Waals surface area (Å²) < 4.78 is 0. The van der Waals surface area contributed by atoms with Gasteiger partial charge in [0, 0.05) is 19.0 Å². The standard InChI is InChI=1S/C12H20N4O3/c1-7-4-12(5-7,10(13)16-19)11(18)15-8-2-3-9(17)14-6-8/h7-8,19H,2-6H2,1H3,(H2,13,16)(H,14,17)(H,15,18). The van der Waals surface area contributed by atoms with Crippen molar-refractivity contribution in [2.75, 3.05) is 6.54 Å².